The molecule has 2 heterocycles. The van der Waals surface area contributed by atoms with Gasteiger partial charge in [-0.1, -0.05) is 0 Å². The van der Waals surface area contributed by atoms with E-state index in [0.29, 0.717) is 16.2 Å². The molecular formula is C10H11BrN2OS. The second kappa shape index (κ2) is 4.99. The van der Waals surface area contributed by atoms with Crippen molar-refractivity contribution < 1.29 is 4.79 Å². The lowest BCUT2D eigenvalue weighted by molar-refractivity contribution is 0.0940. The Labute approximate surface area is 101 Å². The van der Waals surface area contributed by atoms with E-state index in [-0.39, 0.29) is 5.91 Å². The highest BCUT2D eigenvalue weighted by Gasteiger charge is 2.19. The standard InChI is InChI=1S/C10H11BrN2OS/c11-9-8(2-1-4-12-9)10(14)13-7-3-5-15-6-7/h1-2,4,7H,3,5-6H2,(H,13,14). The molecule has 5 heteroatoms. The zero-order valence-corrected chi connectivity index (χ0v) is 10.5. The number of thioether (sulfide) groups is 1. The van der Waals surface area contributed by atoms with Crippen molar-refractivity contribution in [1.29, 1.82) is 0 Å². The van der Waals surface area contributed by atoms with Crippen LogP contribution in [0, 0.1) is 0 Å². The van der Waals surface area contributed by atoms with E-state index in [4.69, 9.17) is 0 Å². The lowest BCUT2D eigenvalue weighted by Crippen LogP contribution is -2.34. The van der Waals surface area contributed by atoms with Gasteiger partial charge >= 0.3 is 0 Å². The Morgan fingerprint density at radius 1 is 1.67 bits per heavy atom. The summed E-state index contributed by atoms with van der Waals surface area (Å²) < 4.78 is 0.605. The van der Waals surface area contributed by atoms with Crippen LogP contribution in [0.25, 0.3) is 0 Å². The predicted octanol–water partition coefficient (Wildman–Crippen LogP) is 2.08. The van der Waals surface area contributed by atoms with Gasteiger partial charge in [0, 0.05) is 18.0 Å². The van der Waals surface area contributed by atoms with Gasteiger partial charge in [-0.15, -0.1) is 0 Å². The van der Waals surface area contributed by atoms with Crippen molar-refractivity contribution in [3.05, 3.63) is 28.5 Å². The summed E-state index contributed by atoms with van der Waals surface area (Å²) in [6.45, 7) is 0. The second-order valence-electron chi connectivity index (χ2n) is 3.38. The molecule has 2 rings (SSSR count). The highest BCUT2D eigenvalue weighted by atomic mass is 79.9. The van der Waals surface area contributed by atoms with Gasteiger partial charge in [0.05, 0.1) is 5.56 Å². The number of hydrogen-bond donors (Lipinski definition) is 1. The third kappa shape index (κ3) is 2.72. The van der Waals surface area contributed by atoms with Crippen LogP contribution >= 0.6 is 27.7 Å². The fourth-order valence-corrected chi connectivity index (χ4v) is 3.05. The third-order valence-electron chi connectivity index (χ3n) is 2.27. The van der Waals surface area contributed by atoms with Crippen LogP contribution in [0.4, 0.5) is 0 Å². The maximum absolute atomic E-state index is 11.8. The number of rotatable bonds is 2. The van der Waals surface area contributed by atoms with Crippen LogP contribution in [0.5, 0.6) is 0 Å². The average Bonchev–Trinajstić information content (AvgIpc) is 2.71. The van der Waals surface area contributed by atoms with Crippen molar-refractivity contribution in [2.24, 2.45) is 0 Å². The number of amides is 1. The third-order valence-corrected chi connectivity index (χ3v) is 4.06. The van der Waals surface area contributed by atoms with Gasteiger partial charge in [0.25, 0.3) is 5.91 Å². The molecule has 0 aliphatic carbocycles. The van der Waals surface area contributed by atoms with Crippen molar-refractivity contribution in [3.63, 3.8) is 0 Å². The Hall–Kier alpha value is -0.550. The zero-order valence-electron chi connectivity index (χ0n) is 8.07. The lowest BCUT2D eigenvalue weighted by atomic mass is 10.2. The van der Waals surface area contributed by atoms with Gasteiger partial charge in [-0.2, -0.15) is 11.8 Å². The molecule has 0 radical (unpaired) electrons. The number of pyridine rings is 1. The van der Waals surface area contributed by atoms with E-state index in [1.165, 1.54) is 0 Å². The quantitative estimate of drug-likeness (QED) is 0.847. The fraction of sp³-hybridized carbons (Fsp3) is 0.400. The van der Waals surface area contributed by atoms with Crippen LogP contribution < -0.4 is 5.32 Å². The Balaban J connectivity index is 2.04. The summed E-state index contributed by atoms with van der Waals surface area (Å²) in [5, 5.41) is 3.01. The molecule has 3 nitrogen and oxygen atoms in total. The number of hydrogen-bond acceptors (Lipinski definition) is 3. The number of aromatic nitrogens is 1. The zero-order chi connectivity index (χ0) is 10.7. The monoisotopic (exact) mass is 286 g/mol. The summed E-state index contributed by atoms with van der Waals surface area (Å²) in [6, 6.07) is 3.85. The molecule has 1 saturated heterocycles. The molecule has 1 atom stereocenters. The Bertz CT molecular complexity index is 366. The van der Waals surface area contributed by atoms with Gasteiger partial charge in [0.1, 0.15) is 4.60 Å². The van der Waals surface area contributed by atoms with Gasteiger partial charge in [-0.3, -0.25) is 4.79 Å². The maximum atomic E-state index is 11.8. The highest BCUT2D eigenvalue weighted by Crippen LogP contribution is 2.18. The van der Waals surface area contributed by atoms with E-state index < -0.39 is 0 Å². The number of carbonyl (C=O) groups is 1. The fourth-order valence-electron chi connectivity index (χ4n) is 1.47. The Morgan fingerprint density at radius 2 is 2.53 bits per heavy atom. The topological polar surface area (TPSA) is 42.0 Å². The molecule has 1 amide bonds. The van der Waals surface area contributed by atoms with Crippen molar-refractivity contribution in [1.82, 2.24) is 10.3 Å². The van der Waals surface area contributed by atoms with Crippen molar-refractivity contribution >= 4 is 33.6 Å². The van der Waals surface area contributed by atoms with Crippen LogP contribution in [0.2, 0.25) is 0 Å². The molecule has 1 aromatic heterocycles. The SMILES string of the molecule is O=C(NC1CCSC1)c1cccnc1Br. The Morgan fingerprint density at radius 3 is 3.20 bits per heavy atom. The highest BCUT2D eigenvalue weighted by molar-refractivity contribution is 9.10. The van der Waals surface area contributed by atoms with Crippen LogP contribution in [0.15, 0.2) is 22.9 Å². The first-order chi connectivity index (χ1) is 7.27. The first-order valence-electron chi connectivity index (χ1n) is 4.76. The summed E-state index contributed by atoms with van der Waals surface area (Å²) in [6.07, 6.45) is 2.72. The maximum Gasteiger partial charge on any atom is 0.254 e. The molecular weight excluding hydrogens is 276 g/mol. The number of nitrogens with one attached hydrogen (secondary N) is 1. The molecule has 0 saturated carbocycles. The Kier molecular flexibility index (Phi) is 3.64. The van der Waals surface area contributed by atoms with Crippen molar-refractivity contribution in [2.75, 3.05) is 11.5 Å². The smallest absolute Gasteiger partial charge is 0.254 e. The summed E-state index contributed by atoms with van der Waals surface area (Å²) in [5.74, 6) is 2.12. The van der Waals surface area contributed by atoms with E-state index in [1.54, 1.807) is 18.3 Å². The van der Waals surface area contributed by atoms with E-state index in [1.807, 2.05) is 11.8 Å². The molecule has 1 N–H and O–H groups in total. The minimum absolute atomic E-state index is 0.0394. The largest absolute Gasteiger partial charge is 0.348 e. The molecule has 0 aromatic carbocycles. The van der Waals surface area contributed by atoms with Crippen LogP contribution in [-0.4, -0.2) is 28.4 Å². The van der Waals surface area contributed by atoms with Crippen LogP contribution in [0.1, 0.15) is 16.8 Å². The van der Waals surface area contributed by atoms with Gasteiger partial charge in [-0.25, -0.2) is 4.98 Å². The first kappa shape index (κ1) is 11.0. The minimum atomic E-state index is -0.0394. The minimum Gasteiger partial charge on any atom is -0.348 e. The number of halogens is 1. The van der Waals surface area contributed by atoms with Gasteiger partial charge in [0.2, 0.25) is 0 Å². The molecule has 1 fully saturated rings. The molecule has 15 heavy (non-hydrogen) atoms. The van der Waals surface area contributed by atoms with Crippen molar-refractivity contribution in [2.45, 2.75) is 12.5 Å². The normalized spacial score (nSPS) is 20.2. The summed E-state index contributed by atoms with van der Waals surface area (Å²) in [4.78, 5) is 15.9. The van der Waals surface area contributed by atoms with E-state index in [2.05, 4.69) is 26.2 Å². The van der Waals surface area contributed by atoms with Gasteiger partial charge in [0.15, 0.2) is 0 Å². The van der Waals surface area contributed by atoms with Gasteiger partial charge < -0.3 is 5.32 Å². The van der Waals surface area contributed by atoms with Crippen molar-refractivity contribution in [3.8, 4) is 0 Å². The predicted molar refractivity (Wildman–Crippen MR) is 65.1 cm³/mol. The summed E-state index contributed by atoms with van der Waals surface area (Å²) in [7, 11) is 0. The van der Waals surface area contributed by atoms with Gasteiger partial charge in [-0.05, 0) is 40.2 Å². The average molecular weight is 287 g/mol. The number of carbonyl (C=O) groups excluding carboxylic acids is 1. The molecule has 0 spiro atoms. The van der Waals surface area contributed by atoms with E-state index in [0.717, 1.165) is 17.9 Å². The molecule has 0 bridgehead atoms. The molecule has 1 aliphatic rings. The summed E-state index contributed by atoms with van der Waals surface area (Å²) in [5.41, 5.74) is 0.606. The van der Waals surface area contributed by atoms with E-state index in [9.17, 15) is 4.79 Å². The van der Waals surface area contributed by atoms with E-state index >= 15 is 0 Å². The lowest BCUT2D eigenvalue weighted by Gasteiger charge is -2.11. The van der Waals surface area contributed by atoms with Crippen LogP contribution in [0.3, 0.4) is 0 Å². The number of nitrogens with zero attached hydrogens (tertiary/aromatic N) is 1. The molecule has 1 aliphatic heterocycles. The first-order valence-corrected chi connectivity index (χ1v) is 6.71. The molecule has 1 aromatic rings. The molecule has 1 unspecified atom stereocenters. The second-order valence-corrected chi connectivity index (χ2v) is 5.28. The van der Waals surface area contributed by atoms with Crippen LogP contribution in [-0.2, 0) is 0 Å². The molecule has 80 valence electrons. The summed E-state index contributed by atoms with van der Waals surface area (Å²) >= 11 is 5.15.